The lowest BCUT2D eigenvalue weighted by molar-refractivity contribution is 0.404. The Kier molecular flexibility index (Phi) is 6.20. The third kappa shape index (κ3) is 4.36. The summed E-state index contributed by atoms with van der Waals surface area (Å²) in [6.45, 7) is 1.91. The second kappa shape index (κ2) is 9.29. The van der Waals surface area contributed by atoms with E-state index in [2.05, 4.69) is 4.90 Å². The van der Waals surface area contributed by atoms with Crippen molar-refractivity contribution in [3.63, 3.8) is 0 Å². The van der Waals surface area contributed by atoms with Crippen LogP contribution in [0.15, 0.2) is 76.6 Å². The number of benzene rings is 3. The van der Waals surface area contributed by atoms with Crippen molar-refractivity contribution in [1.82, 2.24) is 9.21 Å². The molecule has 2 heterocycles. The number of aliphatic imine (C=N–C) groups is 1. The summed E-state index contributed by atoms with van der Waals surface area (Å²) in [5.41, 5.74) is 1.56. The van der Waals surface area contributed by atoms with Gasteiger partial charge < -0.3 is 14.4 Å². The summed E-state index contributed by atoms with van der Waals surface area (Å²) in [5, 5.41) is 0.399. The minimum Gasteiger partial charge on any atom is -0.497 e. The first-order valence-electron chi connectivity index (χ1n) is 11.0. The van der Waals surface area contributed by atoms with Crippen LogP contribution < -0.4 is 9.47 Å². The van der Waals surface area contributed by atoms with Crippen LogP contribution in [0.25, 0.3) is 0 Å². The van der Waals surface area contributed by atoms with Crippen LogP contribution in [0.4, 0.5) is 5.69 Å². The second-order valence-electron chi connectivity index (χ2n) is 8.07. The van der Waals surface area contributed by atoms with Gasteiger partial charge in [-0.05, 0) is 48.9 Å². The Morgan fingerprint density at radius 2 is 1.79 bits per heavy atom. The maximum Gasteiger partial charge on any atom is 0.243 e. The van der Waals surface area contributed by atoms with E-state index in [9.17, 15) is 8.42 Å². The van der Waals surface area contributed by atoms with E-state index in [4.69, 9.17) is 26.1 Å². The number of fused-ring (bicyclic) bond motifs is 2. The van der Waals surface area contributed by atoms with Crippen molar-refractivity contribution < 1.29 is 17.9 Å². The largest absolute Gasteiger partial charge is 0.497 e. The van der Waals surface area contributed by atoms with Crippen LogP contribution in [-0.2, 0) is 10.0 Å². The Morgan fingerprint density at radius 1 is 0.941 bits per heavy atom. The van der Waals surface area contributed by atoms with E-state index in [1.54, 1.807) is 25.3 Å². The highest BCUT2D eigenvalue weighted by molar-refractivity contribution is 7.89. The molecule has 0 aromatic heterocycles. The third-order valence-corrected chi connectivity index (χ3v) is 8.06. The minimum absolute atomic E-state index is 0.208. The number of nitrogens with zero attached hydrogens (tertiary/aromatic N) is 3. The predicted octanol–water partition coefficient (Wildman–Crippen LogP) is 4.93. The number of rotatable bonds is 3. The first-order valence-corrected chi connectivity index (χ1v) is 12.8. The maximum absolute atomic E-state index is 13.2. The fourth-order valence-electron chi connectivity index (χ4n) is 4.19. The Bertz CT molecular complexity index is 1360. The molecule has 5 rings (SSSR count). The Morgan fingerprint density at radius 3 is 2.62 bits per heavy atom. The lowest BCUT2D eigenvalue weighted by Gasteiger charge is -2.25. The highest BCUT2D eigenvalue weighted by Crippen LogP contribution is 2.39. The summed E-state index contributed by atoms with van der Waals surface area (Å²) in [7, 11) is -2.03. The molecule has 0 atom stereocenters. The molecule has 0 bridgehead atoms. The topological polar surface area (TPSA) is 71.4 Å². The first kappa shape index (κ1) is 22.7. The molecule has 0 saturated carbocycles. The van der Waals surface area contributed by atoms with Crippen molar-refractivity contribution in [2.24, 2.45) is 4.99 Å². The summed E-state index contributed by atoms with van der Waals surface area (Å²) < 4.78 is 39.6. The molecule has 1 saturated heterocycles. The van der Waals surface area contributed by atoms with E-state index < -0.39 is 10.0 Å². The molecule has 0 N–H and O–H groups in total. The molecule has 1 fully saturated rings. The fourth-order valence-corrected chi connectivity index (χ4v) is 5.96. The van der Waals surface area contributed by atoms with E-state index in [1.807, 2.05) is 42.5 Å². The summed E-state index contributed by atoms with van der Waals surface area (Å²) in [4.78, 5) is 7.29. The molecule has 0 unspecified atom stereocenters. The zero-order chi connectivity index (χ0) is 23.7. The van der Waals surface area contributed by atoms with Crippen LogP contribution in [0.2, 0.25) is 5.02 Å². The zero-order valence-corrected chi connectivity index (χ0v) is 20.2. The first-order chi connectivity index (χ1) is 16.5. The molecule has 2 aliphatic rings. The van der Waals surface area contributed by atoms with Crippen molar-refractivity contribution in [2.75, 3.05) is 33.3 Å². The molecule has 0 spiro atoms. The molecule has 7 nitrogen and oxygen atoms in total. The number of sulfonamides is 1. The molecule has 176 valence electrons. The van der Waals surface area contributed by atoms with E-state index in [1.165, 1.54) is 10.4 Å². The monoisotopic (exact) mass is 497 g/mol. The van der Waals surface area contributed by atoms with Gasteiger partial charge in [0.1, 0.15) is 23.0 Å². The molecule has 3 aromatic rings. The van der Waals surface area contributed by atoms with E-state index in [0.29, 0.717) is 54.9 Å². The van der Waals surface area contributed by atoms with Crippen LogP contribution in [0.1, 0.15) is 12.0 Å². The summed E-state index contributed by atoms with van der Waals surface area (Å²) in [6.07, 6.45) is 0.660. The number of para-hydroxylation sites is 2. The number of halogens is 1. The fraction of sp³-hybridized carbons (Fsp3) is 0.240. The normalized spacial score (nSPS) is 16.4. The van der Waals surface area contributed by atoms with Gasteiger partial charge >= 0.3 is 0 Å². The van der Waals surface area contributed by atoms with Gasteiger partial charge in [0.05, 0.1) is 17.6 Å². The molecule has 2 aliphatic heterocycles. The molecule has 0 aliphatic carbocycles. The Labute approximate surface area is 204 Å². The molecule has 0 amide bonds. The average Bonchev–Trinajstić information content (AvgIpc) is 3.19. The van der Waals surface area contributed by atoms with Crippen molar-refractivity contribution in [1.29, 1.82) is 0 Å². The molecular formula is C25H24ClN3O4S. The van der Waals surface area contributed by atoms with Crippen LogP contribution in [0.3, 0.4) is 0 Å². The van der Waals surface area contributed by atoms with Gasteiger partial charge in [-0.25, -0.2) is 13.4 Å². The van der Waals surface area contributed by atoms with Crippen molar-refractivity contribution in [3.8, 4) is 17.2 Å². The van der Waals surface area contributed by atoms with Gasteiger partial charge in [0.2, 0.25) is 10.0 Å². The minimum atomic E-state index is -3.65. The zero-order valence-electron chi connectivity index (χ0n) is 18.6. The second-order valence-corrected chi connectivity index (χ2v) is 10.4. The quantitative estimate of drug-likeness (QED) is 0.513. The van der Waals surface area contributed by atoms with Crippen molar-refractivity contribution in [3.05, 3.63) is 77.3 Å². The molecule has 34 heavy (non-hydrogen) atoms. The van der Waals surface area contributed by atoms with Crippen LogP contribution in [0, 0.1) is 0 Å². The van der Waals surface area contributed by atoms with E-state index in [-0.39, 0.29) is 4.90 Å². The van der Waals surface area contributed by atoms with Gasteiger partial charge in [0, 0.05) is 37.3 Å². The van der Waals surface area contributed by atoms with Gasteiger partial charge in [-0.2, -0.15) is 4.31 Å². The highest BCUT2D eigenvalue weighted by Gasteiger charge is 2.30. The number of hydrogen-bond donors (Lipinski definition) is 0. The third-order valence-electron chi connectivity index (χ3n) is 5.93. The lowest BCUT2D eigenvalue weighted by Crippen LogP contribution is -2.37. The number of hydrogen-bond acceptors (Lipinski definition) is 6. The van der Waals surface area contributed by atoms with E-state index >= 15 is 0 Å². The van der Waals surface area contributed by atoms with Crippen molar-refractivity contribution >= 4 is 33.1 Å². The van der Waals surface area contributed by atoms with E-state index in [0.717, 1.165) is 17.1 Å². The van der Waals surface area contributed by atoms with Gasteiger partial charge in [-0.15, -0.1) is 0 Å². The number of amidine groups is 1. The molecular weight excluding hydrogens is 474 g/mol. The number of ether oxygens (including phenoxy) is 2. The number of methoxy groups -OCH3 is 1. The van der Waals surface area contributed by atoms with Gasteiger partial charge in [0.15, 0.2) is 5.75 Å². The Hall–Kier alpha value is -3.07. The predicted molar refractivity (Wildman–Crippen MR) is 132 cm³/mol. The van der Waals surface area contributed by atoms with Gasteiger partial charge in [-0.1, -0.05) is 29.8 Å². The summed E-state index contributed by atoms with van der Waals surface area (Å²) in [6, 6.07) is 19.7. The molecule has 3 aromatic carbocycles. The maximum atomic E-state index is 13.2. The average molecular weight is 498 g/mol. The van der Waals surface area contributed by atoms with Crippen LogP contribution >= 0.6 is 11.6 Å². The standard InChI is InChI=1S/C25H24ClN3O4S/c1-32-19-10-11-21-24(17-19)33-23-9-3-2-8-22(23)27-25(21)28-12-5-13-29(15-14-28)34(30,31)20-7-4-6-18(26)16-20/h2-4,6-11,16-17H,5,12-15H2,1H3. The summed E-state index contributed by atoms with van der Waals surface area (Å²) >= 11 is 6.05. The van der Waals surface area contributed by atoms with Crippen LogP contribution in [0.5, 0.6) is 17.2 Å². The summed E-state index contributed by atoms with van der Waals surface area (Å²) in [5.74, 6) is 2.75. The van der Waals surface area contributed by atoms with Gasteiger partial charge in [-0.3, -0.25) is 0 Å². The highest BCUT2D eigenvalue weighted by atomic mass is 35.5. The Balaban J connectivity index is 1.47. The van der Waals surface area contributed by atoms with Gasteiger partial charge in [0.25, 0.3) is 0 Å². The SMILES string of the molecule is COc1ccc2c(c1)Oc1ccccc1N=C2N1CCCN(S(=O)(=O)c2cccc(Cl)c2)CC1. The molecule has 9 heteroatoms. The van der Waals surface area contributed by atoms with Crippen molar-refractivity contribution in [2.45, 2.75) is 11.3 Å². The smallest absolute Gasteiger partial charge is 0.243 e. The lowest BCUT2D eigenvalue weighted by atomic mass is 10.1. The molecule has 0 radical (unpaired) electrons. The van der Waals surface area contributed by atoms with Crippen LogP contribution in [-0.4, -0.2) is 56.7 Å².